The molecule has 0 unspecified atom stereocenters. The Morgan fingerprint density at radius 3 is 2.24 bits per heavy atom. The summed E-state index contributed by atoms with van der Waals surface area (Å²) in [6, 6.07) is 0.406. The van der Waals surface area contributed by atoms with Gasteiger partial charge in [-0.1, -0.05) is 37.9 Å². The van der Waals surface area contributed by atoms with Crippen LogP contribution in [0.3, 0.4) is 0 Å². The molecule has 2 N–H and O–H groups in total. The van der Waals surface area contributed by atoms with Crippen molar-refractivity contribution in [1.82, 2.24) is 4.90 Å². The Labute approximate surface area is 109 Å². The molecule has 2 aliphatic rings. The lowest BCUT2D eigenvalue weighted by Gasteiger charge is -2.44. The first-order valence-electron chi connectivity index (χ1n) is 6.65. The molecule has 0 saturated heterocycles. The largest absolute Gasteiger partial charge is 0.392 e. The molecule has 0 radical (unpaired) electrons. The average Bonchev–Trinajstić information content (AvgIpc) is 2.27. The zero-order valence-corrected chi connectivity index (χ0v) is 11.4. The summed E-state index contributed by atoms with van der Waals surface area (Å²) in [5.74, 6) is 0.170. The van der Waals surface area contributed by atoms with E-state index in [1.54, 1.807) is 0 Å². The van der Waals surface area contributed by atoms with Crippen molar-refractivity contribution in [2.75, 3.05) is 7.05 Å². The molecule has 0 spiro atoms. The first kappa shape index (κ1) is 12.8. The van der Waals surface area contributed by atoms with Crippen LogP contribution in [0.1, 0.15) is 51.4 Å². The lowest BCUT2D eigenvalue weighted by atomic mass is 9.67. The Kier molecular flexibility index (Phi) is 3.71. The maximum Gasteiger partial charge on any atom is 0.235 e. The van der Waals surface area contributed by atoms with Gasteiger partial charge in [0.05, 0.1) is 10.4 Å². The van der Waals surface area contributed by atoms with Gasteiger partial charge < -0.3 is 10.6 Å². The maximum atomic E-state index is 12.5. The van der Waals surface area contributed by atoms with Crippen LogP contribution in [-0.2, 0) is 4.79 Å². The lowest BCUT2D eigenvalue weighted by molar-refractivity contribution is -0.143. The highest BCUT2D eigenvalue weighted by molar-refractivity contribution is 7.80. The molecule has 3 nitrogen and oxygen atoms in total. The summed E-state index contributed by atoms with van der Waals surface area (Å²) >= 11 is 5.11. The van der Waals surface area contributed by atoms with Gasteiger partial charge >= 0.3 is 0 Å². The van der Waals surface area contributed by atoms with Crippen LogP contribution >= 0.6 is 12.2 Å². The minimum absolute atomic E-state index is 0.170. The number of hydrogen-bond acceptors (Lipinski definition) is 2. The fourth-order valence-corrected chi connectivity index (χ4v) is 3.36. The van der Waals surface area contributed by atoms with E-state index in [1.807, 2.05) is 11.9 Å². The van der Waals surface area contributed by atoms with E-state index >= 15 is 0 Å². The molecule has 2 rings (SSSR count). The van der Waals surface area contributed by atoms with Crippen molar-refractivity contribution in [2.45, 2.75) is 57.4 Å². The predicted molar refractivity (Wildman–Crippen MR) is 72.7 cm³/mol. The number of rotatable bonds is 3. The molecule has 0 heterocycles. The summed E-state index contributed by atoms with van der Waals surface area (Å²) in [4.78, 5) is 14.9. The van der Waals surface area contributed by atoms with Crippen LogP contribution in [0.4, 0.5) is 0 Å². The van der Waals surface area contributed by atoms with Crippen molar-refractivity contribution in [1.29, 1.82) is 0 Å². The molecule has 0 bridgehead atoms. The van der Waals surface area contributed by atoms with E-state index in [9.17, 15) is 4.79 Å². The Morgan fingerprint density at radius 2 is 1.82 bits per heavy atom. The number of hydrogen-bond donors (Lipinski definition) is 1. The fourth-order valence-electron chi connectivity index (χ4n) is 3.07. The molecular weight excluding hydrogens is 232 g/mol. The highest BCUT2D eigenvalue weighted by atomic mass is 32.1. The average molecular weight is 254 g/mol. The van der Waals surface area contributed by atoms with Crippen molar-refractivity contribution < 1.29 is 4.79 Å². The molecule has 96 valence electrons. The number of carbonyl (C=O) groups excluding carboxylic acids is 1. The van der Waals surface area contributed by atoms with Crippen LogP contribution in [0.5, 0.6) is 0 Å². The van der Waals surface area contributed by atoms with Gasteiger partial charge in [0.25, 0.3) is 0 Å². The molecule has 0 atom stereocenters. The van der Waals surface area contributed by atoms with Crippen LogP contribution in [0, 0.1) is 5.41 Å². The van der Waals surface area contributed by atoms with E-state index in [1.165, 1.54) is 19.3 Å². The summed E-state index contributed by atoms with van der Waals surface area (Å²) in [6.45, 7) is 0. The standard InChI is InChI=1S/C13H22N2OS/c1-15(10-6-3-2-4-7-10)12(16)13(11(14)17)8-5-9-13/h10H,2-9H2,1H3,(H2,14,17). The van der Waals surface area contributed by atoms with Gasteiger partial charge in [-0.15, -0.1) is 0 Å². The summed E-state index contributed by atoms with van der Waals surface area (Å²) < 4.78 is 0. The van der Waals surface area contributed by atoms with Gasteiger partial charge in [-0.05, 0) is 25.7 Å². The molecule has 4 heteroatoms. The van der Waals surface area contributed by atoms with Gasteiger partial charge in [0, 0.05) is 13.1 Å². The molecule has 1 amide bonds. The maximum absolute atomic E-state index is 12.5. The number of nitrogens with zero attached hydrogens (tertiary/aromatic N) is 1. The summed E-state index contributed by atoms with van der Waals surface area (Å²) in [6.07, 6.45) is 8.81. The third kappa shape index (κ3) is 2.19. The third-order valence-electron chi connectivity index (χ3n) is 4.53. The first-order valence-corrected chi connectivity index (χ1v) is 7.06. The monoisotopic (exact) mass is 254 g/mol. The van der Waals surface area contributed by atoms with Gasteiger partial charge in [-0.3, -0.25) is 4.79 Å². The van der Waals surface area contributed by atoms with Gasteiger partial charge in [0.2, 0.25) is 5.91 Å². The molecule has 0 aromatic carbocycles. The van der Waals surface area contributed by atoms with Crippen molar-refractivity contribution >= 4 is 23.1 Å². The van der Waals surface area contributed by atoms with E-state index < -0.39 is 5.41 Å². The topological polar surface area (TPSA) is 46.3 Å². The van der Waals surface area contributed by atoms with E-state index in [2.05, 4.69) is 0 Å². The quantitative estimate of drug-likeness (QED) is 0.786. The van der Waals surface area contributed by atoms with E-state index in [0.717, 1.165) is 32.1 Å². The smallest absolute Gasteiger partial charge is 0.235 e. The molecule has 2 fully saturated rings. The Morgan fingerprint density at radius 1 is 1.24 bits per heavy atom. The summed E-state index contributed by atoms with van der Waals surface area (Å²) in [5, 5.41) is 0. The lowest BCUT2D eigenvalue weighted by Crippen LogP contribution is -2.55. The number of carbonyl (C=O) groups is 1. The van der Waals surface area contributed by atoms with Crippen LogP contribution in [-0.4, -0.2) is 28.9 Å². The number of nitrogens with two attached hydrogens (primary N) is 1. The fraction of sp³-hybridized carbons (Fsp3) is 0.846. The Bertz CT molecular complexity index is 319. The zero-order valence-electron chi connectivity index (χ0n) is 10.6. The Hall–Kier alpha value is -0.640. The predicted octanol–water partition coefficient (Wildman–Crippen LogP) is 2.23. The van der Waals surface area contributed by atoms with Crippen molar-refractivity contribution in [2.24, 2.45) is 11.1 Å². The van der Waals surface area contributed by atoms with Crippen molar-refractivity contribution in [3.05, 3.63) is 0 Å². The first-order chi connectivity index (χ1) is 8.08. The molecule has 0 aliphatic heterocycles. The second-order valence-electron chi connectivity index (χ2n) is 5.51. The van der Waals surface area contributed by atoms with E-state index in [-0.39, 0.29) is 5.91 Å². The van der Waals surface area contributed by atoms with Crippen LogP contribution in [0.15, 0.2) is 0 Å². The number of amides is 1. The minimum atomic E-state index is -0.498. The van der Waals surface area contributed by atoms with Gasteiger partial charge in [-0.25, -0.2) is 0 Å². The SMILES string of the molecule is CN(C(=O)C1(C(N)=S)CCC1)C1CCCCC1. The van der Waals surface area contributed by atoms with Crippen LogP contribution in [0.2, 0.25) is 0 Å². The summed E-state index contributed by atoms with van der Waals surface area (Å²) in [7, 11) is 1.93. The van der Waals surface area contributed by atoms with Gasteiger partial charge in [-0.2, -0.15) is 0 Å². The molecule has 2 aliphatic carbocycles. The van der Waals surface area contributed by atoms with E-state index in [0.29, 0.717) is 11.0 Å². The second kappa shape index (κ2) is 4.92. The molecule has 0 aromatic heterocycles. The zero-order chi connectivity index (χ0) is 12.5. The second-order valence-corrected chi connectivity index (χ2v) is 5.95. The Balaban J connectivity index is 2.05. The number of thiocarbonyl (C=S) groups is 1. The van der Waals surface area contributed by atoms with Crippen LogP contribution in [0.25, 0.3) is 0 Å². The molecule has 2 saturated carbocycles. The van der Waals surface area contributed by atoms with Gasteiger partial charge in [0.15, 0.2) is 0 Å². The van der Waals surface area contributed by atoms with Crippen LogP contribution < -0.4 is 5.73 Å². The molecular formula is C13H22N2OS. The van der Waals surface area contributed by atoms with E-state index in [4.69, 9.17) is 18.0 Å². The van der Waals surface area contributed by atoms with Crippen molar-refractivity contribution in [3.8, 4) is 0 Å². The third-order valence-corrected chi connectivity index (χ3v) is 4.92. The summed E-state index contributed by atoms with van der Waals surface area (Å²) in [5.41, 5.74) is 5.29. The molecule has 17 heavy (non-hydrogen) atoms. The highest BCUT2D eigenvalue weighted by Gasteiger charge is 2.49. The minimum Gasteiger partial charge on any atom is -0.392 e. The van der Waals surface area contributed by atoms with Gasteiger partial charge in [0.1, 0.15) is 0 Å². The van der Waals surface area contributed by atoms with Crippen molar-refractivity contribution in [3.63, 3.8) is 0 Å². The highest BCUT2D eigenvalue weighted by Crippen LogP contribution is 2.43. The normalized spacial score (nSPS) is 23.8. The molecule has 0 aromatic rings.